The molecule has 1 aromatic heterocycles. The van der Waals surface area contributed by atoms with Crippen LogP contribution in [0.2, 0.25) is 0 Å². The van der Waals surface area contributed by atoms with Crippen molar-refractivity contribution in [3.8, 4) is 0 Å². The van der Waals surface area contributed by atoms with E-state index in [9.17, 15) is 4.79 Å². The van der Waals surface area contributed by atoms with Gasteiger partial charge in [-0.05, 0) is 18.4 Å². The van der Waals surface area contributed by atoms with E-state index in [4.69, 9.17) is 4.52 Å². The van der Waals surface area contributed by atoms with E-state index in [0.29, 0.717) is 17.6 Å². The largest absolute Gasteiger partial charge is 0.348 e. The number of aromatic nitrogens is 2. The quantitative estimate of drug-likeness (QED) is 0.887. The van der Waals surface area contributed by atoms with Crippen molar-refractivity contribution in [3.05, 3.63) is 47.6 Å². The molecule has 112 valence electrons. The highest BCUT2D eigenvalue weighted by atomic mass is 16.5. The summed E-state index contributed by atoms with van der Waals surface area (Å²) in [5, 5.41) is 6.71. The van der Waals surface area contributed by atoms with Crippen molar-refractivity contribution in [3.63, 3.8) is 0 Å². The number of rotatable bonds is 6. The molecule has 0 unspecified atom stereocenters. The molecule has 21 heavy (non-hydrogen) atoms. The van der Waals surface area contributed by atoms with E-state index in [-0.39, 0.29) is 18.4 Å². The summed E-state index contributed by atoms with van der Waals surface area (Å²) in [6.45, 7) is 6.35. The molecule has 0 aliphatic carbocycles. The summed E-state index contributed by atoms with van der Waals surface area (Å²) in [5.74, 6) is 1.35. The molecule has 0 spiro atoms. The summed E-state index contributed by atoms with van der Waals surface area (Å²) < 4.78 is 5.14. The van der Waals surface area contributed by atoms with Crippen LogP contribution in [0, 0.1) is 5.92 Å². The van der Waals surface area contributed by atoms with Crippen LogP contribution >= 0.6 is 0 Å². The van der Waals surface area contributed by atoms with Crippen LogP contribution in [0.25, 0.3) is 0 Å². The Morgan fingerprint density at radius 3 is 2.62 bits per heavy atom. The highest BCUT2D eigenvalue weighted by Gasteiger charge is 2.15. The topological polar surface area (TPSA) is 68.0 Å². The Kier molecular flexibility index (Phi) is 5.09. The fraction of sp³-hybridized carbons (Fsp3) is 0.438. The van der Waals surface area contributed by atoms with Gasteiger partial charge in [0.1, 0.15) is 0 Å². The van der Waals surface area contributed by atoms with Gasteiger partial charge < -0.3 is 9.84 Å². The molecule has 5 nitrogen and oxygen atoms in total. The maximum Gasteiger partial charge on any atom is 0.227 e. The van der Waals surface area contributed by atoms with Gasteiger partial charge in [-0.15, -0.1) is 0 Å². The molecule has 2 aromatic rings. The lowest BCUT2D eigenvalue weighted by Crippen LogP contribution is -2.27. The molecule has 5 heteroatoms. The van der Waals surface area contributed by atoms with Gasteiger partial charge in [-0.3, -0.25) is 4.79 Å². The van der Waals surface area contributed by atoms with Crippen molar-refractivity contribution in [2.75, 3.05) is 0 Å². The Morgan fingerprint density at radius 1 is 1.24 bits per heavy atom. The molecule has 0 saturated carbocycles. The number of carbonyl (C=O) groups is 1. The molecule has 0 fully saturated rings. The van der Waals surface area contributed by atoms with Crippen molar-refractivity contribution >= 4 is 5.91 Å². The summed E-state index contributed by atoms with van der Waals surface area (Å²) >= 11 is 0. The Bertz CT molecular complexity index is 578. The van der Waals surface area contributed by atoms with Gasteiger partial charge in [-0.1, -0.05) is 49.3 Å². The lowest BCUT2D eigenvalue weighted by molar-refractivity contribution is -0.122. The van der Waals surface area contributed by atoms with Crippen molar-refractivity contribution in [1.82, 2.24) is 15.5 Å². The van der Waals surface area contributed by atoms with Crippen molar-refractivity contribution < 1.29 is 9.32 Å². The zero-order chi connectivity index (χ0) is 15.2. The van der Waals surface area contributed by atoms with Gasteiger partial charge in [-0.2, -0.15) is 4.98 Å². The van der Waals surface area contributed by atoms with E-state index in [2.05, 4.69) is 29.3 Å². The highest BCUT2D eigenvalue weighted by Crippen LogP contribution is 2.14. The summed E-state index contributed by atoms with van der Waals surface area (Å²) in [4.78, 5) is 16.4. The van der Waals surface area contributed by atoms with Crippen molar-refractivity contribution in [2.24, 2.45) is 5.92 Å². The Balaban J connectivity index is 1.88. The van der Waals surface area contributed by atoms with Gasteiger partial charge in [0.25, 0.3) is 0 Å². The van der Waals surface area contributed by atoms with Gasteiger partial charge in [0.15, 0.2) is 5.82 Å². The summed E-state index contributed by atoms with van der Waals surface area (Å²) in [6.07, 6.45) is 0.751. The minimum Gasteiger partial charge on any atom is -0.348 e. The van der Waals surface area contributed by atoms with E-state index in [1.807, 2.05) is 37.3 Å². The predicted octanol–water partition coefficient (Wildman–Crippen LogP) is 2.69. The maximum absolute atomic E-state index is 12.1. The standard InChI is InChI=1S/C16H21N3O2/c1-11(2)9-15-18-14(19-21-15)10-17-16(20)12(3)13-7-5-4-6-8-13/h4-8,11-12H,9-10H2,1-3H3,(H,17,20)/t12-/m0/s1. The minimum absolute atomic E-state index is 0.0450. The van der Waals surface area contributed by atoms with Crippen LogP contribution in [0.1, 0.15) is 44.0 Å². The van der Waals surface area contributed by atoms with Gasteiger partial charge in [-0.25, -0.2) is 0 Å². The van der Waals surface area contributed by atoms with Gasteiger partial charge >= 0.3 is 0 Å². The predicted molar refractivity (Wildman–Crippen MR) is 79.5 cm³/mol. The number of benzene rings is 1. The normalized spacial score (nSPS) is 12.4. The first kappa shape index (κ1) is 15.2. The molecule has 1 aromatic carbocycles. The smallest absolute Gasteiger partial charge is 0.227 e. The van der Waals surface area contributed by atoms with Crippen molar-refractivity contribution in [1.29, 1.82) is 0 Å². The monoisotopic (exact) mass is 287 g/mol. The molecular formula is C16H21N3O2. The lowest BCUT2D eigenvalue weighted by Gasteiger charge is -2.11. The summed E-state index contributed by atoms with van der Waals surface area (Å²) in [5.41, 5.74) is 0.989. The van der Waals surface area contributed by atoms with Crippen LogP contribution in [0.5, 0.6) is 0 Å². The molecule has 0 radical (unpaired) electrons. The zero-order valence-corrected chi connectivity index (χ0v) is 12.7. The molecule has 1 atom stereocenters. The van der Waals surface area contributed by atoms with Crippen LogP contribution < -0.4 is 5.32 Å². The third-order valence-corrected chi connectivity index (χ3v) is 3.21. The van der Waals surface area contributed by atoms with E-state index >= 15 is 0 Å². The highest BCUT2D eigenvalue weighted by molar-refractivity contribution is 5.83. The SMILES string of the molecule is CC(C)Cc1nc(CNC(=O)[C@@H](C)c2ccccc2)no1. The number of nitrogens with one attached hydrogen (secondary N) is 1. The Hall–Kier alpha value is -2.17. The van der Waals surface area contributed by atoms with E-state index in [0.717, 1.165) is 12.0 Å². The van der Waals surface area contributed by atoms with Crippen LogP contribution in [0.15, 0.2) is 34.9 Å². The first-order valence-corrected chi connectivity index (χ1v) is 7.20. The number of carbonyl (C=O) groups excluding carboxylic acids is 1. The number of hydrogen-bond acceptors (Lipinski definition) is 4. The zero-order valence-electron chi connectivity index (χ0n) is 12.7. The molecule has 1 heterocycles. The number of amides is 1. The molecule has 1 N–H and O–H groups in total. The molecular weight excluding hydrogens is 266 g/mol. The maximum atomic E-state index is 12.1. The average molecular weight is 287 g/mol. The number of hydrogen-bond donors (Lipinski definition) is 1. The Labute approximate surface area is 124 Å². The van der Waals surface area contributed by atoms with E-state index in [1.54, 1.807) is 0 Å². The van der Waals surface area contributed by atoms with Gasteiger partial charge in [0, 0.05) is 6.42 Å². The fourth-order valence-corrected chi connectivity index (χ4v) is 2.01. The lowest BCUT2D eigenvalue weighted by atomic mass is 10.0. The van der Waals surface area contributed by atoms with E-state index in [1.165, 1.54) is 0 Å². The Morgan fingerprint density at radius 2 is 1.95 bits per heavy atom. The first-order chi connectivity index (χ1) is 10.1. The van der Waals surface area contributed by atoms with Gasteiger partial charge in [0.05, 0.1) is 12.5 Å². The minimum atomic E-state index is -0.201. The van der Waals surface area contributed by atoms with Crippen LogP contribution in [-0.4, -0.2) is 16.0 Å². The van der Waals surface area contributed by atoms with Crippen LogP contribution in [0.4, 0.5) is 0 Å². The molecule has 2 rings (SSSR count). The van der Waals surface area contributed by atoms with Gasteiger partial charge in [0.2, 0.25) is 11.8 Å². The molecule has 0 aliphatic rings. The van der Waals surface area contributed by atoms with E-state index < -0.39 is 0 Å². The number of nitrogens with zero attached hydrogens (tertiary/aromatic N) is 2. The average Bonchev–Trinajstić information content (AvgIpc) is 2.91. The van der Waals surface area contributed by atoms with Crippen LogP contribution in [-0.2, 0) is 17.8 Å². The summed E-state index contributed by atoms with van der Waals surface area (Å²) in [7, 11) is 0. The molecule has 0 bridgehead atoms. The fourth-order valence-electron chi connectivity index (χ4n) is 2.01. The van der Waals surface area contributed by atoms with Crippen molar-refractivity contribution in [2.45, 2.75) is 39.7 Å². The first-order valence-electron chi connectivity index (χ1n) is 7.20. The van der Waals surface area contributed by atoms with Crippen LogP contribution in [0.3, 0.4) is 0 Å². The molecule has 0 aliphatic heterocycles. The third-order valence-electron chi connectivity index (χ3n) is 3.21. The second-order valence-electron chi connectivity index (χ2n) is 5.55. The second-order valence-corrected chi connectivity index (χ2v) is 5.55. The second kappa shape index (κ2) is 7.02. The molecule has 1 amide bonds. The third kappa shape index (κ3) is 4.41. The summed E-state index contributed by atoms with van der Waals surface area (Å²) in [6, 6.07) is 9.68. The molecule has 0 saturated heterocycles.